The van der Waals surface area contributed by atoms with Gasteiger partial charge in [0.2, 0.25) is 6.08 Å². The molecule has 1 aliphatic rings. The van der Waals surface area contributed by atoms with Crippen LogP contribution >= 0.6 is 0 Å². The van der Waals surface area contributed by atoms with Crippen LogP contribution in [0.2, 0.25) is 0 Å². The average Bonchev–Trinajstić information content (AvgIpc) is 2.64. The first kappa shape index (κ1) is 11.0. The molecule has 5 nitrogen and oxygen atoms in total. The Morgan fingerprint density at radius 2 is 1.65 bits per heavy atom. The largest absolute Gasteiger partial charge is 0.271 e. The molecule has 17 heavy (non-hydrogen) atoms. The van der Waals surface area contributed by atoms with Gasteiger partial charge in [-0.2, -0.15) is 4.99 Å². The third kappa shape index (κ3) is 2.35. The Labute approximate surface area is 97.1 Å². The average molecular weight is 228 g/mol. The highest BCUT2D eigenvalue weighted by atomic mass is 16.2. The van der Waals surface area contributed by atoms with Gasteiger partial charge in [-0.1, -0.05) is 12.1 Å². The molecule has 2 rings (SSSR count). The van der Waals surface area contributed by atoms with Crippen LogP contribution < -0.4 is 0 Å². The van der Waals surface area contributed by atoms with E-state index in [0.29, 0.717) is 5.69 Å². The summed E-state index contributed by atoms with van der Waals surface area (Å²) in [7, 11) is 0. The fourth-order valence-electron chi connectivity index (χ4n) is 1.50. The molecule has 0 unspecified atom stereocenters. The molecule has 84 valence electrons. The molecule has 0 saturated carbocycles. The SMILES string of the molecule is O=C=Nc1ccc(CN2C(=O)C=CC2=O)cc1. The maximum atomic E-state index is 11.3. The van der Waals surface area contributed by atoms with Crippen LogP contribution in [0.1, 0.15) is 5.56 Å². The number of imide groups is 1. The Morgan fingerprint density at radius 3 is 2.18 bits per heavy atom. The number of isocyanates is 1. The minimum absolute atomic E-state index is 0.218. The summed E-state index contributed by atoms with van der Waals surface area (Å²) in [6.07, 6.45) is 3.92. The first-order valence-corrected chi connectivity index (χ1v) is 4.91. The van der Waals surface area contributed by atoms with E-state index in [1.165, 1.54) is 18.2 Å². The first-order valence-electron chi connectivity index (χ1n) is 4.91. The predicted octanol–water partition coefficient (Wildman–Crippen LogP) is 1.08. The monoisotopic (exact) mass is 228 g/mol. The van der Waals surface area contributed by atoms with Gasteiger partial charge in [0.05, 0.1) is 12.2 Å². The van der Waals surface area contributed by atoms with Gasteiger partial charge in [-0.05, 0) is 17.7 Å². The van der Waals surface area contributed by atoms with Gasteiger partial charge in [-0.3, -0.25) is 14.5 Å². The van der Waals surface area contributed by atoms with Crippen LogP contribution in [0.15, 0.2) is 41.4 Å². The third-order valence-electron chi connectivity index (χ3n) is 2.35. The fourth-order valence-corrected chi connectivity index (χ4v) is 1.50. The van der Waals surface area contributed by atoms with Gasteiger partial charge in [0.15, 0.2) is 0 Å². The number of rotatable bonds is 3. The molecule has 1 aromatic carbocycles. The second kappa shape index (κ2) is 4.55. The van der Waals surface area contributed by atoms with Gasteiger partial charge in [-0.15, -0.1) is 0 Å². The third-order valence-corrected chi connectivity index (χ3v) is 2.35. The highest BCUT2D eigenvalue weighted by Crippen LogP contribution is 2.15. The molecule has 0 aromatic heterocycles. The molecular weight excluding hydrogens is 220 g/mol. The molecule has 0 spiro atoms. The summed E-state index contributed by atoms with van der Waals surface area (Å²) in [6.45, 7) is 0.218. The van der Waals surface area contributed by atoms with Crippen LogP contribution in [-0.4, -0.2) is 22.8 Å². The summed E-state index contributed by atoms with van der Waals surface area (Å²) in [6, 6.07) is 6.65. The molecule has 0 saturated heterocycles. The van der Waals surface area contributed by atoms with Crippen molar-refractivity contribution in [3.05, 3.63) is 42.0 Å². The zero-order valence-electron chi connectivity index (χ0n) is 8.79. The zero-order chi connectivity index (χ0) is 12.3. The summed E-state index contributed by atoms with van der Waals surface area (Å²) in [5.41, 5.74) is 1.28. The second-order valence-electron chi connectivity index (χ2n) is 3.47. The molecule has 0 fully saturated rings. The summed E-state index contributed by atoms with van der Waals surface area (Å²) in [5.74, 6) is -0.630. The van der Waals surface area contributed by atoms with E-state index in [-0.39, 0.29) is 18.4 Å². The van der Waals surface area contributed by atoms with E-state index < -0.39 is 0 Å². The summed E-state index contributed by atoms with van der Waals surface area (Å²) < 4.78 is 0. The Morgan fingerprint density at radius 1 is 1.06 bits per heavy atom. The molecule has 2 amide bonds. The van der Waals surface area contributed by atoms with Crippen LogP contribution in [0.25, 0.3) is 0 Å². The van der Waals surface area contributed by atoms with E-state index in [4.69, 9.17) is 0 Å². The topological polar surface area (TPSA) is 66.8 Å². The standard InChI is InChI=1S/C12H8N2O3/c15-8-13-10-3-1-9(2-4-10)7-14-11(16)5-6-12(14)17/h1-6H,7H2. The fraction of sp³-hybridized carbons (Fsp3) is 0.0833. The van der Waals surface area contributed by atoms with Crippen molar-refractivity contribution in [1.29, 1.82) is 0 Å². The predicted molar refractivity (Wildman–Crippen MR) is 58.9 cm³/mol. The maximum Gasteiger partial charge on any atom is 0.253 e. The Balaban J connectivity index is 2.12. The highest BCUT2D eigenvalue weighted by Gasteiger charge is 2.22. The summed E-state index contributed by atoms with van der Waals surface area (Å²) in [4.78, 5) is 37.2. The van der Waals surface area contributed by atoms with Crippen LogP contribution in [0.4, 0.5) is 5.69 Å². The number of nitrogens with zero attached hydrogens (tertiary/aromatic N) is 2. The molecule has 0 atom stereocenters. The number of benzene rings is 1. The van der Waals surface area contributed by atoms with Crippen LogP contribution in [0.5, 0.6) is 0 Å². The Kier molecular flexibility index (Phi) is 2.94. The number of carbonyl (C=O) groups excluding carboxylic acids is 3. The lowest BCUT2D eigenvalue weighted by Gasteiger charge is -2.13. The van der Waals surface area contributed by atoms with E-state index in [9.17, 15) is 14.4 Å². The Hall–Kier alpha value is -2.52. The molecule has 1 aromatic rings. The van der Waals surface area contributed by atoms with Crippen molar-refractivity contribution in [2.24, 2.45) is 4.99 Å². The highest BCUT2D eigenvalue weighted by molar-refractivity contribution is 6.12. The lowest BCUT2D eigenvalue weighted by Crippen LogP contribution is -2.29. The lowest BCUT2D eigenvalue weighted by molar-refractivity contribution is -0.137. The van der Waals surface area contributed by atoms with Crippen LogP contribution in [-0.2, 0) is 20.9 Å². The van der Waals surface area contributed by atoms with E-state index in [2.05, 4.69) is 4.99 Å². The van der Waals surface area contributed by atoms with Crippen molar-refractivity contribution >= 4 is 23.6 Å². The molecule has 5 heteroatoms. The van der Waals surface area contributed by atoms with Crippen molar-refractivity contribution in [1.82, 2.24) is 4.90 Å². The maximum absolute atomic E-state index is 11.3. The van der Waals surface area contributed by atoms with Gasteiger partial charge in [-0.25, -0.2) is 4.79 Å². The van der Waals surface area contributed by atoms with Gasteiger partial charge < -0.3 is 0 Å². The summed E-state index contributed by atoms with van der Waals surface area (Å²) >= 11 is 0. The van der Waals surface area contributed by atoms with E-state index in [1.807, 2.05) is 0 Å². The first-order chi connectivity index (χ1) is 8.20. The molecule has 0 radical (unpaired) electrons. The van der Waals surface area contributed by atoms with Crippen molar-refractivity contribution < 1.29 is 14.4 Å². The normalized spacial score (nSPS) is 14.0. The van der Waals surface area contributed by atoms with Crippen molar-refractivity contribution in [3.8, 4) is 0 Å². The molecule has 1 aliphatic heterocycles. The molecule has 0 bridgehead atoms. The van der Waals surface area contributed by atoms with Gasteiger partial charge >= 0.3 is 0 Å². The number of carbonyl (C=O) groups is 2. The minimum atomic E-state index is -0.315. The minimum Gasteiger partial charge on any atom is -0.271 e. The van der Waals surface area contributed by atoms with Crippen LogP contribution in [0, 0.1) is 0 Å². The van der Waals surface area contributed by atoms with E-state index >= 15 is 0 Å². The van der Waals surface area contributed by atoms with Crippen molar-refractivity contribution in [2.45, 2.75) is 6.54 Å². The quantitative estimate of drug-likeness (QED) is 0.441. The molecule has 0 aliphatic carbocycles. The number of amides is 2. The van der Waals surface area contributed by atoms with Gasteiger partial charge in [0.25, 0.3) is 11.8 Å². The van der Waals surface area contributed by atoms with Crippen molar-refractivity contribution in [3.63, 3.8) is 0 Å². The lowest BCUT2D eigenvalue weighted by atomic mass is 10.2. The van der Waals surface area contributed by atoms with Crippen molar-refractivity contribution in [2.75, 3.05) is 0 Å². The molecule has 0 N–H and O–H groups in total. The van der Waals surface area contributed by atoms with E-state index in [0.717, 1.165) is 10.5 Å². The van der Waals surface area contributed by atoms with Gasteiger partial charge in [0, 0.05) is 12.2 Å². The van der Waals surface area contributed by atoms with Crippen LogP contribution in [0.3, 0.4) is 0 Å². The molecular formula is C12H8N2O3. The molecule has 1 heterocycles. The number of hydrogen-bond donors (Lipinski definition) is 0. The smallest absolute Gasteiger partial charge is 0.253 e. The Bertz CT molecular complexity index is 521. The number of aliphatic imine (C=N–C) groups is 1. The number of hydrogen-bond acceptors (Lipinski definition) is 4. The van der Waals surface area contributed by atoms with E-state index in [1.54, 1.807) is 24.3 Å². The van der Waals surface area contributed by atoms with Gasteiger partial charge in [0.1, 0.15) is 0 Å². The second-order valence-corrected chi connectivity index (χ2v) is 3.47. The summed E-state index contributed by atoms with van der Waals surface area (Å²) in [5, 5.41) is 0. The zero-order valence-corrected chi connectivity index (χ0v) is 8.79.